The molecule has 3 rings (SSSR count). The number of amides is 1. The molecule has 1 heterocycles. The van der Waals surface area contributed by atoms with Crippen LogP contribution in [-0.2, 0) is 16.6 Å². The number of rotatable bonds is 7. The summed E-state index contributed by atoms with van der Waals surface area (Å²) in [4.78, 5) is 12.0. The second-order valence-electron chi connectivity index (χ2n) is 6.47. The Labute approximate surface area is 146 Å². The van der Waals surface area contributed by atoms with Crippen LogP contribution in [-0.4, -0.2) is 25.5 Å². The van der Waals surface area contributed by atoms with Crippen molar-refractivity contribution in [3.05, 3.63) is 47.3 Å². The SMILES string of the molecule is CC(C)NC(=O)c1ccc(S(=O)(=O)NCc2cc(C3CC3)on2)cc1. The summed E-state index contributed by atoms with van der Waals surface area (Å²) in [5.74, 6) is 1.01. The van der Waals surface area contributed by atoms with Gasteiger partial charge in [-0.25, -0.2) is 13.1 Å². The zero-order valence-corrected chi connectivity index (χ0v) is 15.0. The predicted octanol–water partition coefficient (Wildman–Crippen LogP) is 2.17. The van der Waals surface area contributed by atoms with Crippen LogP contribution in [0.5, 0.6) is 0 Å². The van der Waals surface area contributed by atoms with Crippen molar-refractivity contribution >= 4 is 15.9 Å². The molecule has 1 saturated carbocycles. The number of benzene rings is 1. The molecule has 1 aromatic heterocycles. The minimum atomic E-state index is -3.68. The topological polar surface area (TPSA) is 101 Å². The van der Waals surface area contributed by atoms with E-state index in [1.54, 1.807) is 6.07 Å². The van der Waals surface area contributed by atoms with Gasteiger partial charge in [0.05, 0.1) is 17.1 Å². The Bertz CT molecular complexity index is 852. The summed E-state index contributed by atoms with van der Waals surface area (Å²) in [6.45, 7) is 3.78. The molecule has 0 aliphatic heterocycles. The van der Waals surface area contributed by atoms with Gasteiger partial charge in [0.25, 0.3) is 5.91 Å². The fraction of sp³-hybridized carbons (Fsp3) is 0.412. The van der Waals surface area contributed by atoms with Crippen molar-refractivity contribution in [3.8, 4) is 0 Å². The number of hydrogen-bond donors (Lipinski definition) is 2. The Hall–Kier alpha value is -2.19. The Balaban J connectivity index is 1.63. The van der Waals surface area contributed by atoms with Crippen LogP contribution in [0.15, 0.2) is 39.8 Å². The van der Waals surface area contributed by atoms with Crippen LogP contribution in [0.3, 0.4) is 0 Å². The van der Waals surface area contributed by atoms with E-state index in [-0.39, 0.29) is 23.4 Å². The Morgan fingerprint density at radius 3 is 2.56 bits per heavy atom. The first-order valence-electron chi connectivity index (χ1n) is 8.21. The Morgan fingerprint density at radius 1 is 1.28 bits per heavy atom. The standard InChI is InChI=1S/C17H21N3O4S/c1-11(2)19-17(21)13-5-7-15(8-6-13)25(22,23)18-10-14-9-16(24-20-14)12-3-4-12/h5-9,11-12,18H,3-4,10H2,1-2H3,(H,19,21). The zero-order valence-electron chi connectivity index (χ0n) is 14.2. The number of sulfonamides is 1. The predicted molar refractivity (Wildman–Crippen MR) is 91.5 cm³/mol. The van der Waals surface area contributed by atoms with Crippen molar-refractivity contribution in [2.45, 2.75) is 50.1 Å². The molecule has 0 atom stereocenters. The lowest BCUT2D eigenvalue weighted by atomic mass is 10.2. The molecule has 1 fully saturated rings. The van der Waals surface area contributed by atoms with Gasteiger partial charge in [0.2, 0.25) is 10.0 Å². The molecule has 1 aliphatic carbocycles. The average Bonchev–Trinajstić information content (AvgIpc) is 3.31. The number of nitrogens with zero attached hydrogens (tertiary/aromatic N) is 1. The van der Waals surface area contributed by atoms with E-state index >= 15 is 0 Å². The first-order valence-corrected chi connectivity index (χ1v) is 9.69. The zero-order chi connectivity index (χ0) is 18.0. The number of nitrogens with one attached hydrogen (secondary N) is 2. The van der Waals surface area contributed by atoms with Crippen LogP contribution in [0.25, 0.3) is 0 Å². The molecule has 1 aliphatic rings. The first kappa shape index (κ1) is 17.6. The number of carbonyl (C=O) groups is 1. The lowest BCUT2D eigenvalue weighted by Crippen LogP contribution is -2.30. The maximum absolute atomic E-state index is 12.3. The van der Waals surface area contributed by atoms with Gasteiger partial charge >= 0.3 is 0 Å². The van der Waals surface area contributed by atoms with Crippen molar-refractivity contribution in [2.24, 2.45) is 0 Å². The lowest BCUT2D eigenvalue weighted by Gasteiger charge is -2.09. The summed E-state index contributed by atoms with van der Waals surface area (Å²) >= 11 is 0. The molecule has 1 aromatic carbocycles. The highest BCUT2D eigenvalue weighted by atomic mass is 32.2. The summed E-state index contributed by atoms with van der Waals surface area (Å²) in [5.41, 5.74) is 0.969. The van der Waals surface area contributed by atoms with Gasteiger partial charge in [0.1, 0.15) is 5.76 Å². The Kier molecular flexibility index (Phi) is 4.91. The fourth-order valence-corrected chi connectivity index (χ4v) is 3.35. The molecule has 0 saturated heterocycles. The molecule has 7 nitrogen and oxygen atoms in total. The summed E-state index contributed by atoms with van der Waals surface area (Å²) in [6.07, 6.45) is 2.19. The third kappa shape index (κ3) is 4.46. The van der Waals surface area contributed by atoms with Gasteiger partial charge in [-0.1, -0.05) is 5.16 Å². The van der Waals surface area contributed by atoms with Gasteiger partial charge in [0, 0.05) is 23.6 Å². The molecular formula is C17H21N3O4S. The summed E-state index contributed by atoms with van der Waals surface area (Å²) in [6, 6.07) is 7.62. The van der Waals surface area contributed by atoms with E-state index in [4.69, 9.17) is 4.52 Å². The average molecular weight is 363 g/mol. The molecule has 25 heavy (non-hydrogen) atoms. The van der Waals surface area contributed by atoms with E-state index < -0.39 is 10.0 Å². The van der Waals surface area contributed by atoms with Gasteiger partial charge in [-0.2, -0.15) is 0 Å². The van der Waals surface area contributed by atoms with E-state index in [0.29, 0.717) is 17.2 Å². The van der Waals surface area contributed by atoms with E-state index in [0.717, 1.165) is 18.6 Å². The van der Waals surface area contributed by atoms with Crippen LogP contribution in [0.4, 0.5) is 0 Å². The highest BCUT2D eigenvalue weighted by molar-refractivity contribution is 7.89. The highest BCUT2D eigenvalue weighted by Gasteiger charge is 2.28. The second kappa shape index (κ2) is 6.97. The second-order valence-corrected chi connectivity index (χ2v) is 8.24. The molecule has 0 radical (unpaired) electrons. The van der Waals surface area contributed by atoms with Crippen molar-refractivity contribution in [1.29, 1.82) is 0 Å². The van der Waals surface area contributed by atoms with Crippen molar-refractivity contribution in [2.75, 3.05) is 0 Å². The third-order valence-corrected chi connectivity index (χ3v) is 5.26. The maximum Gasteiger partial charge on any atom is 0.251 e. The van der Waals surface area contributed by atoms with Gasteiger partial charge < -0.3 is 9.84 Å². The number of aromatic nitrogens is 1. The van der Waals surface area contributed by atoms with Gasteiger partial charge in [0.15, 0.2) is 0 Å². The number of hydrogen-bond acceptors (Lipinski definition) is 5. The summed E-state index contributed by atoms with van der Waals surface area (Å²) in [5, 5.41) is 6.64. The highest BCUT2D eigenvalue weighted by Crippen LogP contribution is 2.40. The van der Waals surface area contributed by atoms with E-state index in [9.17, 15) is 13.2 Å². The lowest BCUT2D eigenvalue weighted by molar-refractivity contribution is 0.0943. The normalized spacial score (nSPS) is 14.7. The fourth-order valence-electron chi connectivity index (χ4n) is 2.36. The van der Waals surface area contributed by atoms with Crippen LogP contribution < -0.4 is 10.0 Å². The largest absolute Gasteiger partial charge is 0.361 e. The van der Waals surface area contributed by atoms with E-state index in [2.05, 4.69) is 15.2 Å². The van der Waals surface area contributed by atoms with E-state index in [1.807, 2.05) is 13.8 Å². The molecular weight excluding hydrogens is 342 g/mol. The van der Waals surface area contributed by atoms with Crippen molar-refractivity contribution in [3.63, 3.8) is 0 Å². The summed E-state index contributed by atoms with van der Waals surface area (Å²) in [7, 11) is -3.68. The summed E-state index contributed by atoms with van der Waals surface area (Å²) < 4.78 is 32.4. The molecule has 134 valence electrons. The molecule has 0 unspecified atom stereocenters. The molecule has 0 spiro atoms. The van der Waals surface area contributed by atoms with Crippen molar-refractivity contribution in [1.82, 2.24) is 15.2 Å². The third-order valence-electron chi connectivity index (χ3n) is 3.85. The van der Waals surface area contributed by atoms with Crippen LogP contribution >= 0.6 is 0 Å². The smallest absolute Gasteiger partial charge is 0.251 e. The molecule has 0 bridgehead atoms. The Morgan fingerprint density at radius 2 is 1.96 bits per heavy atom. The van der Waals surface area contributed by atoms with Crippen LogP contribution in [0.2, 0.25) is 0 Å². The van der Waals surface area contributed by atoms with Gasteiger partial charge in [-0.05, 0) is 51.0 Å². The van der Waals surface area contributed by atoms with Crippen LogP contribution in [0, 0.1) is 0 Å². The van der Waals surface area contributed by atoms with Gasteiger partial charge in [-0.3, -0.25) is 4.79 Å². The van der Waals surface area contributed by atoms with Crippen molar-refractivity contribution < 1.29 is 17.7 Å². The monoisotopic (exact) mass is 363 g/mol. The maximum atomic E-state index is 12.3. The minimum Gasteiger partial charge on any atom is -0.361 e. The van der Waals surface area contributed by atoms with Crippen LogP contribution in [0.1, 0.15) is 54.4 Å². The molecule has 2 aromatic rings. The number of carbonyl (C=O) groups excluding carboxylic acids is 1. The molecule has 2 N–H and O–H groups in total. The molecule has 8 heteroatoms. The quantitative estimate of drug-likeness (QED) is 0.785. The molecule has 1 amide bonds. The van der Waals surface area contributed by atoms with Gasteiger partial charge in [-0.15, -0.1) is 0 Å². The minimum absolute atomic E-state index is 0.0144. The first-order chi connectivity index (χ1) is 11.8. The van der Waals surface area contributed by atoms with E-state index in [1.165, 1.54) is 24.3 Å².